The van der Waals surface area contributed by atoms with E-state index in [1.54, 1.807) is 11.3 Å². The summed E-state index contributed by atoms with van der Waals surface area (Å²) in [5.74, 6) is 0.251. The highest BCUT2D eigenvalue weighted by Crippen LogP contribution is 2.14. The molecule has 1 fully saturated rings. The lowest BCUT2D eigenvalue weighted by Gasteiger charge is -2.26. The van der Waals surface area contributed by atoms with Crippen molar-refractivity contribution in [3.05, 3.63) is 21.9 Å². The van der Waals surface area contributed by atoms with Crippen LogP contribution in [-0.2, 0) is 0 Å². The zero-order chi connectivity index (χ0) is 10.7. The van der Waals surface area contributed by atoms with Crippen LogP contribution in [0.2, 0.25) is 0 Å². The van der Waals surface area contributed by atoms with Crippen molar-refractivity contribution in [1.82, 2.24) is 10.2 Å². The molecule has 0 bridgehead atoms. The number of aryl methyl sites for hydroxylation is 1. The molecule has 1 aromatic rings. The van der Waals surface area contributed by atoms with E-state index in [0.717, 1.165) is 31.7 Å². The summed E-state index contributed by atoms with van der Waals surface area (Å²) in [7, 11) is 0. The van der Waals surface area contributed by atoms with Crippen LogP contribution in [0.3, 0.4) is 0 Å². The van der Waals surface area contributed by atoms with E-state index < -0.39 is 0 Å². The third kappa shape index (κ3) is 2.87. The molecule has 0 amide bonds. The molecule has 0 aliphatic carbocycles. The minimum atomic E-state index is 0.251. The SMILES string of the molecule is Cc1cc(C(=O)CN2CCNCC2)cs1. The van der Waals surface area contributed by atoms with Crippen LogP contribution in [0.4, 0.5) is 0 Å². The number of hydrogen-bond donors (Lipinski definition) is 1. The van der Waals surface area contributed by atoms with Gasteiger partial charge in [0.25, 0.3) is 0 Å². The number of carbonyl (C=O) groups is 1. The zero-order valence-electron chi connectivity index (χ0n) is 8.95. The predicted octanol–water partition coefficient (Wildman–Crippen LogP) is 1.14. The molecule has 0 saturated carbocycles. The first kappa shape index (κ1) is 10.8. The molecule has 2 heterocycles. The van der Waals surface area contributed by atoms with E-state index in [1.807, 2.05) is 18.4 Å². The van der Waals surface area contributed by atoms with E-state index >= 15 is 0 Å². The first-order valence-electron chi connectivity index (χ1n) is 5.27. The molecule has 0 atom stereocenters. The van der Waals surface area contributed by atoms with E-state index in [-0.39, 0.29) is 5.78 Å². The number of carbonyl (C=O) groups excluding carboxylic acids is 1. The lowest BCUT2D eigenvalue weighted by Crippen LogP contribution is -2.45. The average Bonchev–Trinajstić information content (AvgIpc) is 2.66. The van der Waals surface area contributed by atoms with Gasteiger partial charge in [-0.05, 0) is 13.0 Å². The van der Waals surface area contributed by atoms with Crippen LogP contribution in [0.1, 0.15) is 15.2 Å². The van der Waals surface area contributed by atoms with Gasteiger partial charge in [-0.25, -0.2) is 0 Å². The summed E-state index contributed by atoms with van der Waals surface area (Å²) in [4.78, 5) is 15.3. The summed E-state index contributed by atoms with van der Waals surface area (Å²) in [5.41, 5.74) is 0.871. The fourth-order valence-corrected chi connectivity index (χ4v) is 2.46. The maximum Gasteiger partial charge on any atom is 0.177 e. The molecule has 0 spiro atoms. The van der Waals surface area contributed by atoms with E-state index in [4.69, 9.17) is 0 Å². The van der Waals surface area contributed by atoms with Crippen LogP contribution in [0.25, 0.3) is 0 Å². The van der Waals surface area contributed by atoms with Crippen molar-refractivity contribution in [2.24, 2.45) is 0 Å². The Morgan fingerprint density at radius 3 is 2.87 bits per heavy atom. The molecule has 0 radical (unpaired) electrons. The summed E-state index contributed by atoms with van der Waals surface area (Å²) >= 11 is 1.64. The van der Waals surface area contributed by atoms with Gasteiger partial charge in [0.2, 0.25) is 0 Å². The molecular formula is C11H16N2OS. The molecule has 1 aliphatic rings. The van der Waals surface area contributed by atoms with Gasteiger partial charge >= 0.3 is 0 Å². The van der Waals surface area contributed by atoms with Crippen molar-refractivity contribution in [2.45, 2.75) is 6.92 Å². The third-order valence-electron chi connectivity index (χ3n) is 2.63. The van der Waals surface area contributed by atoms with Gasteiger partial charge in [0, 0.05) is 42.0 Å². The number of rotatable bonds is 3. The van der Waals surface area contributed by atoms with Crippen molar-refractivity contribution in [3.63, 3.8) is 0 Å². The molecule has 0 aromatic carbocycles. The lowest BCUT2D eigenvalue weighted by molar-refractivity contribution is 0.0922. The smallest absolute Gasteiger partial charge is 0.177 e. The number of thiophene rings is 1. The van der Waals surface area contributed by atoms with Crippen molar-refractivity contribution in [1.29, 1.82) is 0 Å². The Morgan fingerprint density at radius 1 is 1.53 bits per heavy atom. The monoisotopic (exact) mass is 224 g/mol. The van der Waals surface area contributed by atoms with E-state index in [9.17, 15) is 4.79 Å². The largest absolute Gasteiger partial charge is 0.314 e. The molecule has 4 heteroatoms. The molecule has 0 unspecified atom stereocenters. The first-order chi connectivity index (χ1) is 7.25. The minimum Gasteiger partial charge on any atom is -0.314 e. The van der Waals surface area contributed by atoms with Crippen LogP contribution in [0.15, 0.2) is 11.4 Å². The summed E-state index contributed by atoms with van der Waals surface area (Å²) in [6.45, 7) is 6.56. The topological polar surface area (TPSA) is 32.3 Å². The maximum absolute atomic E-state index is 11.9. The highest BCUT2D eigenvalue weighted by molar-refractivity contribution is 7.10. The van der Waals surface area contributed by atoms with E-state index in [0.29, 0.717) is 6.54 Å². The second-order valence-electron chi connectivity index (χ2n) is 3.90. The lowest BCUT2D eigenvalue weighted by atomic mass is 10.2. The van der Waals surface area contributed by atoms with Gasteiger partial charge in [0.05, 0.1) is 6.54 Å². The van der Waals surface area contributed by atoms with Gasteiger partial charge < -0.3 is 5.32 Å². The predicted molar refractivity (Wildman–Crippen MR) is 62.7 cm³/mol. The second kappa shape index (κ2) is 4.88. The molecule has 1 N–H and O–H groups in total. The Hall–Kier alpha value is -0.710. The van der Waals surface area contributed by atoms with Gasteiger partial charge in [-0.3, -0.25) is 9.69 Å². The average molecular weight is 224 g/mol. The normalized spacial score (nSPS) is 17.9. The Balaban J connectivity index is 1.91. The van der Waals surface area contributed by atoms with Gasteiger partial charge in [0.15, 0.2) is 5.78 Å². The quantitative estimate of drug-likeness (QED) is 0.782. The van der Waals surface area contributed by atoms with Gasteiger partial charge in [-0.2, -0.15) is 0 Å². The summed E-state index contributed by atoms with van der Waals surface area (Å²) in [6, 6.07) is 1.98. The molecule has 1 aromatic heterocycles. The molecule has 82 valence electrons. The van der Waals surface area contributed by atoms with Gasteiger partial charge in [-0.1, -0.05) is 0 Å². The number of Topliss-reactive ketones (excluding diaryl/α,β-unsaturated/α-hetero) is 1. The number of nitrogens with zero attached hydrogens (tertiary/aromatic N) is 1. The van der Waals surface area contributed by atoms with Crippen LogP contribution in [0.5, 0.6) is 0 Å². The number of piperazine rings is 1. The molecular weight excluding hydrogens is 208 g/mol. The Labute approximate surface area is 94.1 Å². The van der Waals surface area contributed by atoms with Crippen molar-refractivity contribution in [2.75, 3.05) is 32.7 Å². The number of ketones is 1. The number of hydrogen-bond acceptors (Lipinski definition) is 4. The van der Waals surface area contributed by atoms with Crippen LogP contribution in [0, 0.1) is 6.92 Å². The molecule has 3 nitrogen and oxygen atoms in total. The van der Waals surface area contributed by atoms with Crippen LogP contribution < -0.4 is 5.32 Å². The summed E-state index contributed by atoms with van der Waals surface area (Å²) < 4.78 is 0. The zero-order valence-corrected chi connectivity index (χ0v) is 9.77. The standard InChI is InChI=1S/C11H16N2OS/c1-9-6-10(8-15-9)11(14)7-13-4-2-12-3-5-13/h6,8,12H,2-5,7H2,1H3. The van der Waals surface area contributed by atoms with E-state index in [1.165, 1.54) is 4.88 Å². The third-order valence-corrected chi connectivity index (χ3v) is 3.49. The molecule has 1 saturated heterocycles. The summed E-state index contributed by atoms with van der Waals surface area (Å²) in [6.07, 6.45) is 0. The highest BCUT2D eigenvalue weighted by Gasteiger charge is 2.15. The Morgan fingerprint density at radius 2 is 2.27 bits per heavy atom. The second-order valence-corrected chi connectivity index (χ2v) is 5.01. The van der Waals surface area contributed by atoms with Gasteiger partial charge in [0.1, 0.15) is 0 Å². The van der Waals surface area contributed by atoms with Gasteiger partial charge in [-0.15, -0.1) is 11.3 Å². The Kier molecular flexibility index (Phi) is 3.51. The first-order valence-corrected chi connectivity index (χ1v) is 6.15. The molecule has 15 heavy (non-hydrogen) atoms. The van der Waals surface area contributed by atoms with Crippen LogP contribution >= 0.6 is 11.3 Å². The number of nitrogens with one attached hydrogen (secondary N) is 1. The van der Waals surface area contributed by atoms with E-state index in [2.05, 4.69) is 10.2 Å². The minimum absolute atomic E-state index is 0.251. The highest BCUT2D eigenvalue weighted by atomic mass is 32.1. The molecule has 2 rings (SSSR count). The van der Waals surface area contributed by atoms with Crippen LogP contribution in [-0.4, -0.2) is 43.4 Å². The molecule has 1 aliphatic heterocycles. The van der Waals surface area contributed by atoms with Crippen molar-refractivity contribution in [3.8, 4) is 0 Å². The summed E-state index contributed by atoms with van der Waals surface area (Å²) in [5, 5.41) is 5.24. The van der Waals surface area contributed by atoms with Crippen molar-refractivity contribution < 1.29 is 4.79 Å². The maximum atomic E-state index is 11.9. The fourth-order valence-electron chi connectivity index (χ4n) is 1.75. The Bertz CT molecular complexity index is 342. The fraction of sp³-hybridized carbons (Fsp3) is 0.545. The van der Waals surface area contributed by atoms with Crippen molar-refractivity contribution >= 4 is 17.1 Å².